The van der Waals surface area contributed by atoms with Gasteiger partial charge in [-0.3, -0.25) is 14.3 Å². The summed E-state index contributed by atoms with van der Waals surface area (Å²) in [6.07, 6.45) is 2.98. The van der Waals surface area contributed by atoms with Crippen molar-refractivity contribution in [1.29, 1.82) is 0 Å². The summed E-state index contributed by atoms with van der Waals surface area (Å²) < 4.78 is 1.56. The zero-order chi connectivity index (χ0) is 14.5. The fraction of sp³-hybridized carbons (Fsp3) is 0.667. The van der Waals surface area contributed by atoms with Gasteiger partial charge < -0.3 is 16.0 Å². The zero-order valence-electron chi connectivity index (χ0n) is 11.6. The first-order valence-corrected chi connectivity index (χ1v) is 6.76. The molecule has 0 radical (unpaired) electrons. The fourth-order valence-electron chi connectivity index (χ4n) is 2.35. The Bertz CT molecular complexity index is 478. The minimum Gasteiger partial charge on any atom is -0.359 e. The summed E-state index contributed by atoms with van der Waals surface area (Å²) in [4.78, 5) is 25.5. The number of hydrogen-bond acceptors (Lipinski definition) is 5. The lowest BCUT2D eigenvalue weighted by atomic mass is 9.96. The van der Waals surface area contributed by atoms with Gasteiger partial charge in [0.1, 0.15) is 0 Å². The van der Waals surface area contributed by atoms with Gasteiger partial charge in [0.05, 0.1) is 12.7 Å². The van der Waals surface area contributed by atoms with Crippen LogP contribution in [0.4, 0.5) is 0 Å². The summed E-state index contributed by atoms with van der Waals surface area (Å²) in [5.41, 5.74) is 5.75. The van der Waals surface area contributed by atoms with E-state index in [0.717, 1.165) is 0 Å². The van der Waals surface area contributed by atoms with E-state index in [4.69, 9.17) is 5.73 Å². The molecule has 1 aliphatic heterocycles. The van der Waals surface area contributed by atoms with Gasteiger partial charge in [0.2, 0.25) is 5.91 Å². The molecule has 8 heteroatoms. The molecule has 110 valence electrons. The van der Waals surface area contributed by atoms with Crippen molar-refractivity contribution in [3.05, 3.63) is 11.9 Å². The van der Waals surface area contributed by atoms with Crippen LogP contribution in [0.15, 0.2) is 6.20 Å². The molecule has 2 amide bonds. The Hall–Kier alpha value is -1.96. The molecule has 2 heterocycles. The van der Waals surface area contributed by atoms with Crippen molar-refractivity contribution in [2.24, 2.45) is 11.7 Å². The molecule has 1 saturated heterocycles. The van der Waals surface area contributed by atoms with E-state index in [2.05, 4.69) is 15.6 Å². The van der Waals surface area contributed by atoms with Gasteiger partial charge in [-0.1, -0.05) is 5.21 Å². The molecule has 0 spiro atoms. The van der Waals surface area contributed by atoms with Gasteiger partial charge in [0.25, 0.3) is 5.91 Å². The highest BCUT2D eigenvalue weighted by Crippen LogP contribution is 2.18. The largest absolute Gasteiger partial charge is 0.359 e. The molecular formula is C12H20N6O2. The molecule has 2 rings (SSSR count). The number of carbonyl (C=O) groups excluding carboxylic acids is 2. The molecule has 1 aromatic rings. The molecule has 0 unspecified atom stereocenters. The molecule has 1 aliphatic rings. The Kier molecular flexibility index (Phi) is 4.67. The van der Waals surface area contributed by atoms with E-state index in [1.165, 1.54) is 0 Å². The summed E-state index contributed by atoms with van der Waals surface area (Å²) in [6, 6.07) is 0. The third-order valence-corrected chi connectivity index (χ3v) is 3.52. The second-order valence-electron chi connectivity index (χ2n) is 4.84. The molecule has 3 N–H and O–H groups in total. The maximum Gasteiger partial charge on any atom is 0.276 e. The highest BCUT2D eigenvalue weighted by molar-refractivity contribution is 5.92. The summed E-state index contributed by atoms with van der Waals surface area (Å²) in [5.74, 6) is -0.0911. The van der Waals surface area contributed by atoms with Crippen molar-refractivity contribution in [1.82, 2.24) is 25.2 Å². The summed E-state index contributed by atoms with van der Waals surface area (Å²) in [5, 5.41) is 10.4. The van der Waals surface area contributed by atoms with Crippen LogP contribution < -0.4 is 11.1 Å². The van der Waals surface area contributed by atoms with E-state index in [-0.39, 0.29) is 17.7 Å². The normalized spacial score (nSPS) is 16.2. The Balaban J connectivity index is 1.92. The van der Waals surface area contributed by atoms with Gasteiger partial charge >= 0.3 is 0 Å². The zero-order valence-corrected chi connectivity index (χ0v) is 11.6. The summed E-state index contributed by atoms with van der Waals surface area (Å²) >= 11 is 0. The van der Waals surface area contributed by atoms with E-state index < -0.39 is 0 Å². The Morgan fingerprint density at radius 3 is 2.75 bits per heavy atom. The predicted molar refractivity (Wildman–Crippen MR) is 71.8 cm³/mol. The third kappa shape index (κ3) is 3.13. The molecule has 20 heavy (non-hydrogen) atoms. The van der Waals surface area contributed by atoms with Gasteiger partial charge in [-0.25, -0.2) is 0 Å². The second-order valence-corrected chi connectivity index (χ2v) is 4.84. The standard InChI is InChI=1S/C12H20N6O2/c1-14-11(19)9-2-5-17(6-3-9)12(20)10-8-18(7-4-13)16-15-10/h8-9H,2-7,13H2,1H3,(H,14,19). The number of aromatic nitrogens is 3. The molecule has 0 bridgehead atoms. The van der Waals surface area contributed by atoms with E-state index >= 15 is 0 Å². The number of nitrogens with zero attached hydrogens (tertiary/aromatic N) is 4. The molecule has 8 nitrogen and oxygen atoms in total. The SMILES string of the molecule is CNC(=O)C1CCN(C(=O)c2cn(CCN)nn2)CC1. The number of piperidine rings is 1. The van der Waals surface area contributed by atoms with Crippen molar-refractivity contribution in [3.63, 3.8) is 0 Å². The van der Waals surface area contributed by atoms with Crippen molar-refractivity contribution in [2.45, 2.75) is 19.4 Å². The van der Waals surface area contributed by atoms with Crippen molar-refractivity contribution in [3.8, 4) is 0 Å². The van der Waals surface area contributed by atoms with Crippen LogP contribution in [-0.2, 0) is 11.3 Å². The molecule has 0 aliphatic carbocycles. The monoisotopic (exact) mass is 280 g/mol. The number of hydrogen-bond donors (Lipinski definition) is 2. The van der Waals surface area contributed by atoms with Crippen LogP contribution in [0.3, 0.4) is 0 Å². The van der Waals surface area contributed by atoms with Gasteiger partial charge in [0, 0.05) is 32.6 Å². The topological polar surface area (TPSA) is 106 Å². The average molecular weight is 280 g/mol. The van der Waals surface area contributed by atoms with Crippen molar-refractivity contribution >= 4 is 11.8 Å². The van der Waals surface area contributed by atoms with Crippen LogP contribution in [0.25, 0.3) is 0 Å². The smallest absolute Gasteiger partial charge is 0.276 e. The first kappa shape index (κ1) is 14.4. The number of carbonyl (C=O) groups is 2. The number of nitrogens with two attached hydrogens (primary N) is 1. The first-order chi connectivity index (χ1) is 9.65. The van der Waals surface area contributed by atoms with E-state index in [1.807, 2.05) is 0 Å². The van der Waals surface area contributed by atoms with Crippen LogP contribution in [0.2, 0.25) is 0 Å². The summed E-state index contributed by atoms with van der Waals surface area (Å²) in [7, 11) is 1.63. The first-order valence-electron chi connectivity index (χ1n) is 6.76. The van der Waals surface area contributed by atoms with Crippen LogP contribution in [0.5, 0.6) is 0 Å². The Morgan fingerprint density at radius 2 is 2.15 bits per heavy atom. The highest BCUT2D eigenvalue weighted by Gasteiger charge is 2.28. The predicted octanol–water partition coefficient (Wildman–Crippen LogP) is -1.16. The molecule has 0 aromatic carbocycles. The molecular weight excluding hydrogens is 260 g/mol. The Morgan fingerprint density at radius 1 is 1.45 bits per heavy atom. The van der Waals surface area contributed by atoms with Gasteiger partial charge in [-0.15, -0.1) is 5.10 Å². The van der Waals surface area contributed by atoms with Gasteiger partial charge in [-0.05, 0) is 12.8 Å². The number of amides is 2. The third-order valence-electron chi connectivity index (χ3n) is 3.52. The lowest BCUT2D eigenvalue weighted by Crippen LogP contribution is -2.42. The molecule has 0 atom stereocenters. The quantitative estimate of drug-likeness (QED) is 0.723. The number of likely N-dealkylation sites (tertiary alicyclic amines) is 1. The van der Waals surface area contributed by atoms with E-state index in [1.54, 1.807) is 22.8 Å². The maximum absolute atomic E-state index is 12.2. The minimum atomic E-state index is -0.136. The fourth-order valence-corrected chi connectivity index (χ4v) is 2.35. The maximum atomic E-state index is 12.2. The highest BCUT2D eigenvalue weighted by atomic mass is 16.2. The van der Waals surface area contributed by atoms with E-state index in [9.17, 15) is 9.59 Å². The van der Waals surface area contributed by atoms with Gasteiger partial charge in [0.15, 0.2) is 5.69 Å². The van der Waals surface area contributed by atoms with Gasteiger partial charge in [-0.2, -0.15) is 0 Å². The van der Waals surface area contributed by atoms with Crippen LogP contribution in [0, 0.1) is 5.92 Å². The molecule has 1 aromatic heterocycles. The van der Waals surface area contributed by atoms with Crippen molar-refractivity contribution < 1.29 is 9.59 Å². The van der Waals surface area contributed by atoms with E-state index in [0.29, 0.717) is 44.7 Å². The molecule has 0 saturated carbocycles. The number of rotatable bonds is 4. The van der Waals surface area contributed by atoms with Crippen LogP contribution in [-0.4, -0.2) is 58.4 Å². The average Bonchev–Trinajstić information content (AvgIpc) is 2.95. The Labute approximate surface area is 117 Å². The number of nitrogens with one attached hydrogen (secondary N) is 1. The lowest BCUT2D eigenvalue weighted by Gasteiger charge is -2.30. The van der Waals surface area contributed by atoms with Crippen LogP contribution in [0.1, 0.15) is 23.3 Å². The van der Waals surface area contributed by atoms with Crippen LogP contribution >= 0.6 is 0 Å². The lowest BCUT2D eigenvalue weighted by molar-refractivity contribution is -0.125. The summed E-state index contributed by atoms with van der Waals surface area (Å²) in [6.45, 7) is 2.13. The van der Waals surface area contributed by atoms with Crippen molar-refractivity contribution in [2.75, 3.05) is 26.7 Å². The second kappa shape index (κ2) is 6.47. The molecule has 1 fully saturated rings. The minimum absolute atomic E-state index is 0.00280.